The summed E-state index contributed by atoms with van der Waals surface area (Å²) < 4.78 is 39.6. The number of carboxylic acid groups (broad SMARTS) is 1. The maximum atomic E-state index is 13.0. The van der Waals surface area contributed by atoms with Crippen molar-refractivity contribution < 1.29 is 22.7 Å². The Bertz CT molecular complexity index is 793. The molecule has 0 aliphatic heterocycles. The Balaban J connectivity index is 2.30. The zero-order valence-electron chi connectivity index (χ0n) is 10.2. The number of nitrogens with zero attached hydrogens (tertiary/aromatic N) is 1. The predicted molar refractivity (Wildman–Crippen MR) is 76.1 cm³/mol. The maximum Gasteiger partial charge on any atom is 0.354 e. The number of rotatable bonds is 4. The third-order valence-electron chi connectivity index (χ3n) is 2.42. The summed E-state index contributed by atoms with van der Waals surface area (Å²) in [5, 5.41) is 8.71. The maximum absolute atomic E-state index is 13.0. The number of carbonyl (C=O) groups is 1. The van der Waals surface area contributed by atoms with E-state index >= 15 is 0 Å². The van der Waals surface area contributed by atoms with Gasteiger partial charge in [0, 0.05) is 4.47 Å². The Morgan fingerprint density at radius 3 is 2.52 bits per heavy atom. The lowest BCUT2D eigenvalue weighted by molar-refractivity contribution is 0.0690. The second-order valence-electron chi connectivity index (χ2n) is 3.92. The molecule has 1 heterocycles. The fourth-order valence-electron chi connectivity index (χ4n) is 1.48. The van der Waals surface area contributed by atoms with Crippen molar-refractivity contribution in [2.45, 2.75) is 4.90 Å². The number of pyridine rings is 1. The van der Waals surface area contributed by atoms with E-state index in [1.165, 1.54) is 12.1 Å². The molecular formula is C12H8BrFN2O4S. The van der Waals surface area contributed by atoms with Crippen LogP contribution in [0.5, 0.6) is 0 Å². The summed E-state index contributed by atoms with van der Waals surface area (Å²) in [6.45, 7) is 0. The van der Waals surface area contributed by atoms with Crippen LogP contribution in [-0.2, 0) is 10.0 Å². The van der Waals surface area contributed by atoms with Crippen LogP contribution in [0.2, 0.25) is 0 Å². The Labute approximate surface area is 127 Å². The summed E-state index contributed by atoms with van der Waals surface area (Å²) in [7, 11) is -3.94. The van der Waals surface area contributed by atoms with Crippen LogP contribution >= 0.6 is 15.9 Å². The normalized spacial score (nSPS) is 11.1. The van der Waals surface area contributed by atoms with Crippen LogP contribution in [0.15, 0.2) is 45.9 Å². The van der Waals surface area contributed by atoms with Crippen LogP contribution in [0.4, 0.5) is 10.1 Å². The third-order valence-corrected chi connectivity index (χ3v) is 4.78. The summed E-state index contributed by atoms with van der Waals surface area (Å²) in [6.07, 6.45) is 1.08. The number of aromatic nitrogens is 1. The van der Waals surface area contributed by atoms with E-state index in [-0.39, 0.29) is 20.7 Å². The molecule has 0 aliphatic rings. The van der Waals surface area contributed by atoms with Gasteiger partial charge in [-0.1, -0.05) is 0 Å². The summed E-state index contributed by atoms with van der Waals surface area (Å²) in [5.74, 6) is -1.79. The van der Waals surface area contributed by atoms with Gasteiger partial charge >= 0.3 is 5.97 Å². The van der Waals surface area contributed by atoms with E-state index in [4.69, 9.17) is 5.11 Å². The van der Waals surface area contributed by atoms with Gasteiger partial charge in [0.1, 0.15) is 16.4 Å². The third kappa shape index (κ3) is 3.56. The highest BCUT2D eigenvalue weighted by Gasteiger charge is 2.18. The number of nitrogens with one attached hydrogen (secondary N) is 1. The van der Waals surface area contributed by atoms with Crippen molar-refractivity contribution in [3.63, 3.8) is 0 Å². The molecule has 1 aromatic carbocycles. The molecule has 21 heavy (non-hydrogen) atoms. The number of benzene rings is 1. The van der Waals surface area contributed by atoms with Crippen molar-refractivity contribution in [1.29, 1.82) is 0 Å². The van der Waals surface area contributed by atoms with E-state index < -0.39 is 21.8 Å². The molecule has 0 saturated heterocycles. The van der Waals surface area contributed by atoms with E-state index in [1.54, 1.807) is 0 Å². The van der Waals surface area contributed by atoms with Crippen molar-refractivity contribution in [2.75, 3.05) is 4.72 Å². The molecule has 0 amide bonds. The number of sulfonamides is 1. The SMILES string of the molecule is O=C(O)c1ccc(NS(=O)(=O)c2ccc(F)cc2Br)cn1. The lowest BCUT2D eigenvalue weighted by Gasteiger charge is -2.09. The molecule has 0 atom stereocenters. The van der Waals surface area contributed by atoms with Gasteiger partial charge in [0.15, 0.2) is 0 Å². The van der Waals surface area contributed by atoms with Gasteiger partial charge in [-0.05, 0) is 46.3 Å². The van der Waals surface area contributed by atoms with Crippen molar-refractivity contribution in [3.8, 4) is 0 Å². The van der Waals surface area contributed by atoms with E-state index in [1.807, 2.05) is 0 Å². The monoisotopic (exact) mass is 374 g/mol. The number of carboxylic acids is 1. The summed E-state index contributed by atoms with van der Waals surface area (Å²) >= 11 is 2.97. The van der Waals surface area contributed by atoms with Crippen LogP contribution in [0.1, 0.15) is 10.5 Å². The molecule has 2 rings (SSSR count). The summed E-state index contributed by atoms with van der Waals surface area (Å²) in [5.41, 5.74) is -0.114. The highest BCUT2D eigenvalue weighted by Crippen LogP contribution is 2.24. The topological polar surface area (TPSA) is 96.4 Å². The molecule has 6 nitrogen and oxygen atoms in total. The molecule has 0 aliphatic carbocycles. The minimum atomic E-state index is -3.94. The Hall–Kier alpha value is -2.00. The number of anilines is 1. The first kappa shape index (κ1) is 15.4. The number of hydrogen-bond acceptors (Lipinski definition) is 4. The molecule has 9 heteroatoms. The van der Waals surface area contributed by atoms with Crippen LogP contribution in [0, 0.1) is 5.82 Å². The molecule has 0 spiro atoms. The Morgan fingerprint density at radius 2 is 2.00 bits per heavy atom. The first-order valence-corrected chi connectivity index (χ1v) is 7.74. The molecule has 0 saturated carbocycles. The first-order chi connectivity index (χ1) is 9.79. The minimum absolute atomic E-state index is 0.0742. The first-order valence-electron chi connectivity index (χ1n) is 5.47. The smallest absolute Gasteiger partial charge is 0.354 e. The Morgan fingerprint density at radius 1 is 1.29 bits per heavy atom. The summed E-state index contributed by atoms with van der Waals surface area (Å²) in [4.78, 5) is 14.1. The van der Waals surface area contributed by atoms with Gasteiger partial charge in [-0.15, -0.1) is 0 Å². The van der Waals surface area contributed by atoms with Crippen LogP contribution in [0.25, 0.3) is 0 Å². The molecule has 110 valence electrons. The standard InChI is InChI=1S/C12H8BrFN2O4S/c13-9-5-7(14)1-4-11(9)21(19,20)16-8-2-3-10(12(17)18)15-6-8/h1-6,16H,(H,17,18). The van der Waals surface area contributed by atoms with E-state index in [0.29, 0.717) is 0 Å². The van der Waals surface area contributed by atoms with Crippen molar-refractivity contribution in [3.05, 3.63) is 52.5 Å². The predicted octanol–water partition coefficient (Wildman–Crippen LogP) is 2.48. The Kier molecular flexibility index (Phi) is 4.24. The lowest BCUT2D eigenvalue weighted by Crippen LogP contribution is -2.14. The van der Waals surface area contributed by atoms with Gasteiger partial charge in [-0.2, -0.15) is 0 Å². The minimum Gasteiger partial charge on any atom is -0.477 e. The molecule has 2 aromatic rings. The van der Waals surface area contributed by atoms with E-state index in [9.17, 15) is 17.6 Å². The molecule has 0 fully saturated rings. The molecule has 0 radical (unpaired) electrons. The van der Waals surface area contributed by atoms with Crippen molar-refractivity contribution in [2.24, 2.45) is 0 Å². The van der Waals surface area contributed by atoms with E-state index in [0.717, 1.165) is 24.4 Å². The molecule has 2 N–H and O–H groups in total. The van der Waals surface area contributed by atoms with Gasteiger partial charge in [-0.25, -0.2) is 22.6 Å². The van der Waals surface area contributed by atoms with Gasteiger partial charge in [0.25, 0.3) is 10.0 Å². The molecule has 0 unspecified atom stereocenters. The van der Waals surface area contributed by atoms with Crippen LogP contribution in [0.3, 0.4) is 0 Å². The van der Waals surface area contributed by atoms with Crippen LogP contribution < -0.4 is 4.72 Å². The second kappa shape index (κ2) is 5.78. The highest BCUT2D eigenvalue weighted by atomic mass is 79.9. The fourth-order valence-corrected chi connectivity index (χ4v) is 3.58. The van der Waals surface area contributed by atoms with Gasteiger partial charge in [-0.3, -0.25) is 4.72 Å². The average molecular weight is 375 g/mol. The van der Waals surface area contributed by atoms with Crippen molar-refractivity contribution in [1.82, 2.24) is 4.98 Å². The quantitative estimate of drug-likeness (QED) is 0.856. The lowest BCUT2D eigenvalue weighted by atomic mass is 10.3. The van der Waals surface area contributed by atoms with Gasteiger partial charge in [0.05, 0.1) is 11.9 Å². The number of hydrogen-bond donors (Lipinski definition) is 2. The fraction of sp³-hybridized carbons (Fsp3) is 0. The number of aromatic carboxylic acids is 1. The highest BCUT2D eigenvalue weighted by molar-refractivity contribution is 9.10. The van der Waals surface area contributed by atoms with Crippen molar-refractivity contribution >= 4 is 37.6 Å². The molecule has 0 bridgehead atoms. The summed E-state index contributed by atoms with van der Waals surface area (Å²) in [6, 6.07) is 5.59. The second-order valence-corrected chi connectivity index (χ2v) is 6.42. The largest absolute Gasteiger partial charge is 0.477 e. The van der Waals surface area contributed by atoms with Crippen LogP contribution in [-0.4, -0.2) is 24.5 Å². The van der Waals surface area contributed by atoms with E-state index in [2.05, 4.69) is 25.6 Å². The average Bonchev–Trinajstić information content (AvgIpc) is 2.38. The molecule has 1 aromatic heterocycles. The number of halogens is 2. The zero-order valence-corrected chi connectivity index (χ0v) is 12.6. The molecular weight excluding hydrogens is 367 g/mol. The zero-order chi connectivity index (χ0) is 15.6. The van der Waals surface area contributed by atoms with Gasteiger partial charge in [0.2, 0.25) is 0 Å². The van der Waals surface area contributed by atoms with Gasteiger partial charge < -0.3 is 5.11 Å².